The molecule has 2 heterocycles. The monoisotopic (exact) mass is 456 g/mol. The Hall–Kier alpha value is -2.97. The van der Waals surface area contributed by atoms with Crippen LogP contribution in [0.1, 0.15) is 16.7 Å². The molecule has 0 atom stereocenters. The van der Waals surface area contributed by atoms with Gasteiger partial charge >= 0.3 is 6.18 Å². The predicted molar refractivity (Wildman–Crippen MR) is 116 cm³/mol. The number of rotatable bonds is 2. The number of carbonyl (C=O) groups is 1. The van der Waals surface area contributed by atoms with Crippen LogP contribution in [-0.4, -0.2) is 29.0 Å². The number of fused-ring (bicyclic) bond motifs is 3. The second-order valence-electron chi connectivity index (χ2n) is 7.85. The van der Waals surface area contributed by atoms with Crippen molar-refractivity contribution in [1.29, 1.82) is 0 Å². The van der Waals surface area contributed by atoms with E-state index >= 15 is 0 Å². The summed E-state index contributed by atoms with van der Waals surface area (Å²) in [4.78, 5) is 18.2. The molecule has 0 saturated carbocycles. The van der Waals surface area contributed by atoms with Crippen LogP contribution in [0.5, 0.6) is 5.75 Å². The molecule has 164 valence electrons. The molecular weight excluding hydrogens is 437 g/mol. The summed E-state index contributed by atoms with van der Waals surface area (Å²) in [6.45, 7) is 1.07. The van der Waals surface area contributed by atoms with Gasteiger partial charge in [-0.15, -0.1) is 0 Å². The average Bonchev–Trinajstić information content (AvgIpc) is 2.77. The highest BCUT2D eigenvalue weighted by Crippen LogP contribution is 2.49. The molecule has 1 N–H and O–H groups in total. The quantitative estimate of drug-likeness (QED) is 0.545. The summed E-state index contributed by atoms with van der Waals surface area (Å²) in [6, 6.07) is 16.1. The van der Waals surface area contributed by atoms with Gasteiger partial charge < -0.3 is 5.11 Å². The van der Waals surface area contributed by atoms with Gasteiger partial charge in [0.1, 0.15) is 5.75 Å². The Morgan fingerprint density at radius 1 is 1.00 bits per heavy atom. The molecule has 0 saturated heterocycles. The summed E-state index contributed by atoms with van der Waals surface area (Å²) < 4.78 is 40.2. The first kappa shape index (κ1) is 20.9. The molecule has 5 rings (SSSR count). The second kappa shape index (κ2) is 7.86. The largest absolute Gasteiger partial charge is 0.508 e. The van der Waals surface area contributed by atoms with Gasteiger partial charge in [-0.05, 0) is 48.4 Å². The van der Waals surface area contributed by atoms with Crippen molar-refractivity contribution in [3.63, 3.8) is 0 Å². The van der Waals surface area contributed by atoms with Gasteiger partial charge in [0, 0.05) is 28.4 Å². The van der Waals surface area contributed by atoms with Crippen molar-refractivity contribution in [1.82, 2.24) is 4.90 Å². The van der Waals surface area contributed by atoms with Crippen LogP contribution in [0.25, 0.3) is 0 Å². The molecule has 2 aliphatic heterocycles. The maximum atomic E-state index is 13.5. The minimum atomic E-state index is -4.50. The van der Waals surface area contributed by atoms with E-state index < -0.39 is 11.7 Å². The Labute approximate surface area is 187 Å². The number of amides is 1. The van der Waals surface area contributed by atoms with Gasteiger partial charge in [-0.3, -0.25) is 14.6 Å². The predicted octanol–water partition coefficient (Wildman–Crippen LogP) is 5.60. The molecule has 4 nitrogen and oxygen atoms in total. The maximum absolute atomic E-state index is 13.5. The van der Waals surface area contributed by atoms with Gasteiger partial charge in [0.15, 0.2) is 0 Å². The van der Waals surface area contributed by atoms with Crippen molar-refractivity contribution >= 4 is 29.0 Å². The Balaban J connectivity index is 1.49. The van der Waals surface area contributed by atoms with E-state index in [4.69, 9.17) is 0 Å². The smallest absolute Gasteiger partial charge is 0.416 e. The highest BCUT2D eigenvalue weighted by molar-refractivity contribution is 7.99. The molecule has 0 aromatic heterocycles. The molecule has 0 fully saturated rings. The highest BCUT2D eigenvalue weighted by atomic mass is 32.2. The summed E-state index contributed by atoms with van der Waals surface area (Å²) in [5, 5.41) is 10.2. The number of phenolic OH excluding ortho intramolecular Hbond substituents is 1. The molecular formula is C24H19F3N2O2S. The summed E-state index contributed by atoms with van der Waals surface area (Å²) >= 11 is 1.35. The number of carbonyl (C=O) groups excluding carboxylic acids is 1. The average molecular weight is 456 g/mol. The summed E-state index contributed by atoms with van der Waals surface area (Å²) in [6.07, 6.45) is -3.81. The van der Waals surface area contributed by atoms with Crippen LogP contribution < -0.4 is 4.90 Å². The molecule has 0 spiro atoms. The number of benzene rings is 3. The van der Waals surface area contributed by atoms with Gasteiger partial charge in [-0.1, -0.05) is 36.0 Å². The molecule has 0 bridgehead atoms. The molecule has 32 heavy (non-hydrogen) atoms. The summed E-state index contributed by atoms with van der Waals surface area (Å²) in [5.74, 6) is -0.114. The normalized spacial score (nSPS) is 15.7. The molecule has 3 aromatic carbocycles. The molecule has 1 amide bonds. The third-order valence-corrected chi connectivity index (χ3v) is 6.92. The van der Waals surface area contributed by atoms with E-state index in [-0.39, 0.29) is 23.9 Å². The van der Waals surface area contributed by atoms with Crippen molar-refractivity contribution < 1.29 is 23.1 Å². The third-order valence-electron chi connectivity index (χ3n) is 5.79. The SMILES string of the molecule is O=C(CN1CCc2cccc(O)c2C1)N1c2ccccc2Sc2ccc(C(F)(F)F)cc21. The minimum Gasteiger partial charge on any atom is -0.508 e. The van der Waals surface area contributed by atoms with E-state index in [9.17, 15) is 23.1 Å². The first-order valence-electron chi connectivity index (χ1n) is 10.1. The Kier molecular flexibility index (Phi) is 5.14. The van der Waals surface area contributed by atoms with Crippen LogP contribution in [0.15, 0.2) is 70.5 Å². The van der Waals surface area contributed by atoms with Gasteiger partial charge in [-0.2, -0.15) is 13.2 Å². The van der Waals surface area contributed by atoms with Crippen molar-refractivity contribution in [3.05, 3.63) is 77.4 Å². The maximum Gasteiger partial charge on any atom is 0.416 e. The van der Waals surface area contributed by atoms with E-state index in [0.29, 0.717) is 30.1 Å². The number of para-hydroxylation sites is 1. The Bertz CT molecular complexity index is 1210. The van der Waals surface area contributed by atoms with E-state index in [2.05, 4.69) is 0 Å². The summed E-state index contributed by atoms with van der Waals surface area (Å²) in [5.41, 5.74) is 1.88. The first-order valence-corrected chi connectivity index (χ1v) is 11.0. The third kappa shape index (κ3) is 3.73. The molecule has 3 aromatic rings. The number of anilines is 2. The van der Waals surface area contributed by atoms with Gasteiger partial charge in [0.2, 0.25) is 5.91 Å². The van der Waals surface area contributed by atoms with Gasteiger partial charge in [0.05, 0.1) is 23.5 Å². The van der Waals surface area contributed by atoms with E-state index in [1.807, 2.05) is 23.1 Å². The second-order valence-corrected chi connectivity index (χ2v) is 8.94. The van der Waals surface area contributed by atoms with Crippen molar-refractivity contribution in [2.75, 3.05) is 18.0 Å². The molecule has 0 aliphatic carbocycles. The van der Waals surface area contributed by atoms with Crippen molar-refractivity contribution in [3.8, 4) is 5.75 Å². The molecule has 0 unspecified atom stereocenters. The minimum absolute atomic E-state index is 0.0302. The van der Waals surface area contributed by atoms with E-state index in [1.54, 1.807) is 24.3 Å². The number of hydrogen-bond donors (Lipinski definition) is 1. The Morgan fingerprint density at radius 3 is 2.59 bits per heavy atom. The van der Waals surface area contributed by atoms with E-state index in [1.165, 1.54) is 22.7 Å². The highest BCUT2D eigenvalue weighted by Gasteiger charge is 2.35. The van der Waals surface area contributed by atoms with Gasteiger partial charge in [-0.25, -0.2) is 0 Å². The zero-order valence-corrected chi connectivity index (χ0v) is 17.7. The number of alkyl halides is 3. The van der Waals surface area contributed by atoms with Gasteiger partial charge in [0.25, 0.3) is 0 Å². The van der Waals surface area contributed by atoms with Crippen LogP contribution >= 0.6 is 11.8 Å². The van der Waals surface area contributed by atoms with E-state index in [0.717, 1.165) is 28.2 Å². The van der Waals surface area contributed by atoms with Crippen LogP contribution in [0.3, 0.4) is 0 Å². The fourth-order valence-electron chi connectivity index (χ4n) is 4.22. The topological polar surface area (TPSA) is 43.8 Å². The lowest BCUT2D eigenvalue weighted by molar-refractivity contribution is -0.137. The fourth-order valence-corrected chi connectivity index (χ4v) is 5.25. The van der Waals surface area contributed by atoms with Crippen LogP contribution in [-0.2, 0) is 23.9 Å². The number of phenols is 1. The van der Waals surface area contributed by atoms with Crippen molar-refractivity contribution in [2.45, 2.75) is 28.9 Å². The first-order chi connectivity index (χ1) is 15.3. The van der Waals surface area contributed by atoms with Crippen LogP contribution in [0.4, 0.5) is 24.5 Å². The molecule has 8 heteroatoms. The van der Waals surface area contributed by atoms with Crippen LogP contribution in [0.2, 0.25) is 0 Å². The zero-order chi connectivity index (χ0) is 22.5. The lowest BCUT2D eigenvalue weighted by Crippen LogP contribution is -2.41. The summed E-state index contributed by atoms with van der Waals surface area (Å²) in [7, 11) is 0. The van der Waals surface area contributed by atoms with Crippen LogP contribution in [0, 0.1) is 0 Å². The number of nitrogens with zero attached hydrogens (tertiary/aromatic N) is 2. The number of aromatic hydroxyl groups is 1. The molecule has 2 aliphatic rings. The standard InChI is InChI=1S/C24H19F3N2O2S/c25-24(26,27)16-8-9-22-19(12-16)29(18-5-1-2-7-21(18)32-22)23(31)14-28-11-10-15-4-3-6-20(30)17(15)13-28/h1-9,12,30H,10-11,13-14H2. The Morgan fingerprint density at radius 2 is 1.78 bits per heavy atom. The molecule has 0 radical (unpaired) electrons. The lowest BCUT2D eigenvalue weighted by atomic mass is 9.99. The fraction of sp³-hybridized carbons (Fsp3) is 0.208. The van der Waals surface area contributed by atoms with Crippen molar-refractivity contribution in [2.24, 2.45) is 0 Å². The zero-order valence-electron chi connectivity index (χ0n) is 16.9. The number of hydrogen-bond acceptors (Lipinski definition) is 4. The number of halogens is 3. The lowest BCUT2D eigenvalue weighted by Gasteiger charge is -2.34.